The standard InChI is InChI=1S/C26H38ClN3O3S2.C25H36ClN3O3S2/c1-2-3-4-5-6-7-17-28-23-9-8-18-30(19-16-23)35(32,33)25-15-14-24(34-25)20-29-26(31)21-10-12-22(27)13-11-21;1-2-3-4-5-6-16-27-22-8-7-17-29(18-15-22)34(31,32)24-14-13-23(33-24)19-28-25(30)20-9-11-21(26)12-10-20/h10-15,23,28H,2-9,16-20H2,1H3,(H,29,31);9-14,22,27H,2-8,15-19H2,1H3,(H,28,30). The summed E-state index contributed by atoms with van der Waals surface area (Å²) >= 11 is 14.2. The monoisotopic (exact) mass is 1060 g/mol. The Balaban J connectivity index is 0.000000258. The fourth-order valence-corrected chi connectivity index (χ4v) is 14.6. The summed E-state index contributed by atoms with van der Waals surface area (Å²) in [6, 6.07) is 21.0. The molecule has 2 aliphatic heterocycles. The van der Waals surface area contributed by atoms with Gasteiger partial charge < -0.3 is 21.3 Å². The van der Waals surface area contributed by atoms with E-state index in [1.54, 1.807) is 81.4 Å². The molecule has 69 heavy (non-hydrogen) atoms. The van der Waals surface area contributed by atoms with E-state index in [1.165, 1.54) is 93.3 Å². The minimum absolute atomic E-state index is 0.216. The summed E-state index contributed by atoms with van der Waals surface area (Å²) < 4.78 is 56.9. The Morgan fingerprint density at radius 3 is 1.29 bits per heavy atom. The Labute approximate surface area is 430 Å². The molecule has 0 aliphatic carbocycles. The predicted octanol–water partition coefficient (Wildman–Crippen LogP) is 11.3. The van der Waals surface area contributed by atoms with Gasteiger partial charge in [-0.1, -0.05) is 94.8 Å². The third-order valence-corrected chi connectivity index (χ3v) is 20.0. The van der Waals surface area contributed by atoms with Crippen LogP contribution in [0.5, 0.6) is 0 Å². The van der Waals surface area contributed by atoms with Crippen LogP contribution in [0.25, 0.3) is 0 Å². The molecule has 6 rings (SSSR count). The lowest BCUT2D eigenvalue weighted by Crippen LogP contribution is -2.34. The van der Waals surface area contributed by atoms with E-state index in [0.717, 1.165) is 61.4 Å². The largest absolute Gasteiger partial charge is 0.347 e. The van der Waals surface area contributed by atoms with Gasteiger partial charge in [-0.05, 0) is 137 Å². The second kappa shape index (κ2) is 30.2. The van der Waals surface area contributed by atoms with Crippen LogP contribution < -0.4 is 21.3 Å². The second-order valence-electron chi connectivity index (χ2n) is 18.0. The number of hydrogen-bond acceptors (Lipinski definition) is 10. The lowest BCUT2D eigenvalue weighted by molar-refractivity contribution is 0.0943. The molecule has 4 N–H and O–H groups in total. The van der Waals surface area contributed by atoms with Crippen molar-refractivity contribution in [3.05, 3.63) is 104 Å². The number of sulfonamides is 2. The maximum Gasteiger partial charge on any atom is 0.252 e. The van der Waals surface area contributed by atoms with Crippen molar-refractivity contribution in [2.75, 3.05) is 39.3 Å². The number of benzene rings is 2. The van der Waals surface area contributed by atoms with E-state index in [4.69, 9.17) is 23.2 Å². The van der Waals surface area contributed by atoms with Gasteiger partial charge in [0.15, 0.2) is 0 Å². The summed E-state index contributed by atoms with van der Waals surface area (Å²) in [5, 5.41) is 14.1. The normalized spacial score (nSPS) is 17.3. The van der Waals surface area contributed by atoms with Crippen molar-refractivity contribution in [1.82, 2.24) is 29.9 Å². The molecule has 2 aromatic carbocycles. The minimum atomic E-state index is -3.52. The zero-order valence-corrected chi connectivity index (χ0v) is 45.3. The molecule has 4 aromatic rings. The molecule has 18 heteroatoms. The molecule has 2 atom stereocenters. The van der Waals surface area contributed by atoms with Gasteiger partial charge in [0.2, 0.25) is 0 Å². The van der Waals surface area contributed by atoms with Gasteiger partial charge in [-0.3, -0.25) is 9.59 Å². The maximum absolute atomic E-state index is 13.3. The Kier molecular flexibility index (Phi) is 25.0. The first-order chi connectivity index (χ1) is 33.3. The molecule has 2 unspecified atom stereocenters. The van der Waals surface area contributed by atoms with Gasteiger partial charge in [0.25, 0.3) is 31.9 Å². The number of unbranched alkanes of at least 4 members (excludes halogenated alkanes) is 9. The molecule has 0 saturated carbocycles. The molecule has 0 radical (unpaired) electrons. The van der Waals surface area contributed by atoms with E-state index in [-0.39, 0.29) is 24.9 Å². The van der Waals surface area contributed by atoms with Gasteiger partial charge in [-0.15, -0.1) is 22.7 Å². The van der Waals surface area contributed by atoms with E-state index in [0.29, 0.717) is 67.9 Å². The molecule has 0 spiro atoms. The zero-order chi connectivity index (χ0) is 49.5. The summed E-state index contributed by atoms with van der Waals surface area (Å²) in [4.78, 5) is 26.2. The number of nitrogens with one attached hydrogen (secondary N) is 4. The van der Waals surface area contributed by atoms with Crippen LogP contribution in [0.3, 0.4) is 0 Å². The molecule has 0 bridgehead atoms. The van der Waals surface area contributed by atoms with Crippen LogP contribution in [0, 0.1) is 0 Å². The van der Waals surface area contributed by atoms with Crippen LogP contribution in [-0.2, 0) is 33.1 Å². The summed E-state index contributed by atoms with van der Waals surface area (Å²) in [7, 11) is -7.05. The third-order valence-electron chi connectivity index (χ3n) is 12.6. The fraction of sp³-hybridized carbons (Fsp3) is 0.569. The number of carbonyl (C=O) groups excluding carboxylic acids is 2. The number of carbonyl (C=O) groups is 2. The Hall–Kier alpha value is -2.90. The second-order valence-corrected chi connectivity index (χ2v) is 25.5. The molecule has 2 saturated heterocycles. The van der Waals surface area contributed by atoms with Crippen molar-refractivity contribution in [2.45, 2.75) is 157 Å². The first-order valence-electron chi connectivity index (χ1n) is 25.0. The van der Waals surface area contributed by atoms with Gasteiger partial charge in [-0.2, -0.15) is 8.61 Å². The fourth-order valence-electron chi connectivity index (χ4n) is 8.45. The summed E-state index contributed by atoms with van der Waals surface area (Å²) in [6.07, 6.45) is 19.4. The number of thiophene rings is 2. The lowest BCUT2D eigenvalue weighted by atomic mass is 10.1. The highest BCUT2D eigenvalue weighted by molar-refractivity contribution is 7.91. The van der Waals surface area contributed by atoms with Crippen molar-refractivity contribution in [3.63, 3.8) is 0 Å². The summed E-state index contributed by atoms with van der Waals surface area (Å²) in [6.45, 7) is 9.23. The van der Waals surface area contributed by atoms with Crippen LogP contribution in [0.1, 0.15) is 153 Å². The SMILES string of the molecule is CCCCCCCCNC1CCCN(S(=O)(=O)c2ccc(CNC(=O)c3ccc(Cl)cc3)s2)CC1.CCCCCCCNC1CCCN(S(=O)(=O)c2ccc(CNC(=O)c3ccc(Cl)cc3)s2)CC1. The molecule has 2 amide bonds. The van der Waals surface area contributed by atoms with E-state index >= 15 is 0 Å². The Morgan fingerprint density at radius 2 is 0.899 bits per heavy atom. The molecule has 2 aliphatic rings. The molecule has 12 nitrogen and oxygen atoms in total. The first kappa shape index (κ1) is 57.0. The van der Waals surface area contributed by atoms with E-state index < -0.39 is 20.0 Å². The highest BCUT2D eigenvalue weighted by Gasteiger charge is 2.30. The Bertz CT molecular complexity index is 2360. The van der Waals surface area contributed by atoms with Gasteiger partial charge in [0.05, 0.1) is 13.1 Å². The molecule has 4 heterocycles. The van der Waals surface area contributed by atoms with Crippen molar-refractivity contribution >= 4 is 77.7 Å². The number of amides is 2. The van der Waals surface area contributed by atoms with Crippen LogP contribution in [-0.4, -0.2) is 88.6 Å². The quantitative estimate of drug-likeness (QED) is 0.0478. The number of hydrogen-bond donors (Lipinski definition) is 4. The van der Waals surface area contributed by atoms with Crippen LogP contribution in [0.4, 0.5) is 0 Å². The molecule has 2 aromatic heterocycles. The highest BCUT2D eigenvalue weighted by atomic mass is 35.5. The predicted molar refractivity (Wildman–Crippen MR) is 285 cm³/mol. The average Bonchev–Trinajstić information content (AvgIpc) is 3.90. The number of nitrogens with zero attached hydrogens (tertiary/aromatic N) is 2. The number of rotatable bonds is 25. The lowest BCUT2D eigenvalue weighted by Gasteiger charge is -2.19. The van der Waals surface area contributed by atoms with E-state index in [2.05, 4.69) is 35.1 Å². The van der Waals surface area contributed by atoms with Crippen molar-refractivity contribution in [3.8, 4) is 0 Å². The van der Waals surface area contributed by atoms with Gasteiger partial charge in [-0.25, -0.2) is 16.8 Å². The van der Waals surface area contributed by atoms with Crippen LogP contribution in [0.15, 0.2) is 81.2 Å². The smallest absolute Gasteiger partial charge is 0.252 e. The summed E-state index contributed by atoms with van der Waals surface area (Å²) in [5.41, 5.74) is 1.03. The average molecular weight is 1070 g/mol. The molecule has 2 fully saturated rings. The van der Waals surface area contributed by atoms with Gasteiger partial charge >= 0.3 is 0 Å². The van der Waals surface area contributed by atoms with Crippen molar-refractivity contribution in [2.24, 2.45) is 0 Å². The zero-order valence-electron chi connectivity index (χ0n) is 40.5. The maximum atomic E-state index is 13.3. The van der Waals surface area contributed by atoms with E-state index in [9.17, 15) is 26.4 Å². The molecular weight excluding hydrogens is 992 g/mol. The van der Waals surface area contributed by atoms with Crippen LogP contribution in [0.2, 0.25) is 10.0 Å². The van der Waals surface area contributed by atoms with Crippen molar-refractivity contribution < 1.29 is 26.4 Å². The third kappa shape index (κ3) is 19.2. The summed E-state index contributed by atoms with van der Waals surface area (Å²) in [5.74, 6) is -0.433. The van der Waals surface area contributed by atoms with Gasteiger partial charge in [0.1, 0.15) is 8.42 Å². The number of halogens is 2. The minimum Gasteiger partial charge on any atom is -0.347 e. The van der Waals surface area contributed by atoms with E-state index in [1.807, 2.05) is 0 Å². The molecular formula is C51H74Cl2N6O6S4. The van der Waals surface area contributed by atoms with Gasteiger partial charge in [0, 0.05) is 69.2 Å². The topological polar surface area (TPSA) is 157 Å². The highest BCUT2D eigenvalue weighted by Crippen LogP contribution is 2.29. The van der Waals surface area contributed by atoms with Crippen molar-refractivity contribution in [1.29, 1.82) is 0 Å². The molecule has 382 valence electrons. The first-order valence-corrected chi connectivity index (χ1v) is 30.3. The van der Waals surface area contributed by atoms with Crippen LogP contribution >= 0.6 is 45.9 Å². The Morgan fingerprint density at radius 1 is 0.522 bits per heavy atom.